The third-order valence-corrected chi connectivity index (χ3v) is 6.08. The lowest BCUT2D eigenvalue weighted by Crippen LogP contribution is -2.53. The number of benzene rings is 2. The Morgan fingerprint density at radius 1 is 0.875 bits per heavy atom. The van der Waals surface area contributed by atoms with Gasteiger partial charge in [-0.05, 0) is 31.0 Å². The van der Waals surface area contributed by atoms with Crippen LogP contribution in [-0.2, 0) is 9.53 Å². The first-order valence-corrected chi connectivity index (χ1v) is 11.1. The summed E-state index contributed by atoms with van der Waals surface area (Å²) in [6.45, 7) is 2.70. The molecule has 0 radical (unpaired) electrons. The van der Waals surface area contributed by atoms with Crippen molar-refractivity contribution in [2.24, 2.45) is 0 Å². The summed E-state index contributed by atoms with van der Waals surface area (Å²) in [4.78, 5) is 29.8. The van der Waals surface area contributed by atoms with E-state index in [0.29, 0.717) is 38.5 Å². The van der Waals surface area contributed by atoms with Crippen LogP contribution in [0.4, 0.5) is 0 Å². The van der Waals surface area contributed by atoms with Gasteiger partial charge in [-0.3, -0.25) is 9.59 Å². The summed E-state index contributed by atoms with van der Waals surface area (Å²) >= 11 is 0. The standard InChI is InChI=1S/C25H26N4O3/c30-24(27-13-15-28(16-14-27)25(31)23-12-7-17-32-23)22-18-21(19-8-3-1-4-9-19)26-29(22)20-10-5-2-6-11-20/h1-6,8-11,18,23H,7,12-17H2/t23-/m0/s1. The van der Waals surface area contributed by atoms with E-state index in [1.807, 2.05) is 76.5 Å². The molecule has 2 aliphatic heterocycles. The number of piperazine rings is 1. The Morgan fingerprint density at radius 2 is 1.53 bits per heavy atom. The zero-order valence-corrected chi connectivity index (χ0v) is 17.9. The van der Waals surface area contributed by atoms with Gasteiger partial charge in [0, 0.05) is 38.3 Å². The van der Waals surface area contributed by atoms with E-state index in [0.717, 1.165) is 29.8 Å². The van der Waals surface area contributed by atoms with Crippen molar-refractivity contribution in [3.8, 4) is 16.9 Å². The fourth-order valence-corrected chi connectivity index (χ4v) is 4.32. The molecule has 2 aliphatic rings. The Morgan fingerprint density at radius 3 is 2.19 bits per heavy atom. The predicted molar refractivity (Wildman–Crippen MR) is 120 cm³/mol. The topological polar surface area (TPSA) is 67.7 Å². The molecule has 0 aliphatic carbocycles. The van der Waals surface area contributed by atoms with Crippen molar-refractivity contribution >= 4 is 11.8 Å². The van der Waals surface area contributed by atoms with Gasteiger partial charge in [-0.15, -0.1) is 0 Å². The molecule has 1 atom stereocenters. The highest BCUT2D eigenvalue weighted by Crippen LogP contribution is 2.23. The van der Waals surface area contributed by atoms with Crippen LogP contribution >= 0.6 is 0 Å². The number of hydrogen-bond acceptors (Lipinski definition) is 4. The Hall–Kier alpha value is -3.45. The lowest BCUT2D eigenvalue weighted by atomic mass is 10.1. The highest BCUT2D eigenvalue weighted by molar-refractivity contribution is 5.94. The summed E-state index contributed by atoms with van der Waals surface area (Å²) < 4.78 is 7.25. The molecule has 32 heavy (non-hydrogen) atoms. The number of nitrogens with zero attached hydrogens (tertiary/aromatic N) is 4. The third-order valence-electron chi connectivity index (χ3n) is 6.08. The maximum absolute atomic E-state index is 13.5. The van der Waals surface area contributed by atoms with Crippen LogP contribution in [0.5, 0.6) is 0 Å². The number of carbonyl (C=O) groups excluding carboxylic acids is 2. The molecule has 3 aromatic rings. The minimum atomic E-state index is -0.315. The van der Waals surface area contributed by atoms with Gasteiger partial charge >= 0.3 is 0 Å². The zero-order chi connectivity index (χ0) is 21.9. The molecule has 164 valence electrons. The second-order valence-electron chi connectivity index (χ2n) is 8.15. The quantitative estimate of drug-likeness (QED) is 0.638. The minimum absolute atomic E-state index is 0.0512. The number of para-hydroxylation sites is 1. The number of amides is 2. The van der Waals surface area contributed by atoms with E-state index in [-0.39, 0.29) is 17.9 Å². The van der Waals surface area contributed by atoms with Crippen molar-refractivity contribution in [3.05, 3.63) is 72.4 Å². The number of ether oxygens (including phenoxy) is 1. The first kappa shape index (κ1) is 20.5. The highest BCUT2D eigenvalue weighted by atomic mass is 16.5. The molecular weight excluding hydrogens is 404 g/mol. The molecule has 2 amide bonds. The molecule has 0 saturated carbocycles. The predicted octanol–water partition coefficient (Wildman–Crippen LogP) is 3.00. The smallest absolute Gasteiger partial charge is 0.272 e. The number of carbonyl (C=O) groups is 2. The van der Waals surface area contributed by atoms with Crippen molar-refractivity contribution in [2.45, 2.75) is 18.9 Å². The fourth-order valence-electron chi connectivity index (χ4n) is 4.32. The summed E-state index contributed by atoms with van der Waals surface area (Å²) in [5.41, 5.74) is 3.08. The van der Waals surface area contributed by atoms with Crippen LogP contribution in [0.15, 0.2) is 66.7 Å². The van der Waals surface area contributed by atoms with Gasteiger partial charge in [0.05, 0.1) is 11.4 Å². The lowest BCUT2D eigenvalue weighted by molar-refractivity contribution is -0.142. The Bertz CT molecular complexity index is 1080. The average molecular weight is 431 g/mol. The van der Waals surface area contributed by atoms with Crippen molar-refractivity contribution < 1.29 is 14.3 Å². The molecule has 0 spiro atoms. The summed E-state index contributed by atoms with van der Waals surface area (Å²) in [5.74, 6) is -0.0250. The number of hydrogen-bond donors (Lipinski definition) is 0. The number of aromatic nitrogens is 2. The maximum Gasteiger partial charge on any atom is 0.272 e. The van der Waals surface area contributed by atoms with Crippen molar-refractivity contribution in [1.82, 2.24) is 19.6 Å². The van der Waals surface area contributed by atoms with E-state index in [1.54, 1.807) is 4.68 Å². The van der Waals surface area contributed by atoms with E-state index in [1.165, 1.54) is 0 Å². The van der Waals surface area contributed by atoms with Crippen molar-refractivity contribution in [1.29, 1.82) is 0 Å². The fraction of sp³-hybridized carbons (Fsp3) is 0.320. The van der Waals surface area contributed by atoms with E-state index in [9.17, 15) is 9.59 Å². The highest BCUT2D eigenvalue weighted by Gasteiger charge is 2.32. The molecule has 7 heteroatoms. The summed E-state index contributed by atoms with van der Waals surface area (Å²) in [6.07, 6.45) is 1.41. The molecule has 3 heterocycles. The molecule has 0 N–H and O–H groups in total. The van der Waals surface area contributed by atoms with Crippen LogP contribution in [-0.4, -0.2) is 70.3 Å². The van der Waals surface area contributed by atoms with Crippen molar-refractivity contribution in [3.63, 3.8) is 0 Å². The van der Waals surface area contributed by atoms with Crippen LogP contribution in [0.1, 0.15) is 23.3 Å². The van der Waals surface area contributed by atoms with Crippen LogP contribution in [0, 0.1) is 0 Å². The van der Waals surface area contributed by atoms with Crippen LogP contribution in [0.3, 0.4) is 0 Å². The Balaban J connectivity index is 1.37. The first-order chi connectivity index (χ1) is 15.7. The number of rotatable bonds is 4. The normalized spacial score (nSPS) is 18.7. The molecule has 2 saturated heterocycles. The Labute approximate surface area is 187 Å². The van der Waals surface area contributed by atoms with E-state index < -0.39 is 0 Å². The SMILES string of the molecule is O=C(c1cc(-c2ccccc2)nn1-c1ccccc1)N1CCN(C(=O)[C@@H]2CCCO2)CC1. The van der Waals surface area contributed by atoms with Gasteiger partial charge in [-0.25, -0.2) is 4.68 Å². The second-order valence-corrected chi connectivity index (χ2v) is 8.15. The van der Waals surface area contributed by atoms with E-state index in [4.69, 9.17) is 9.84 Å². The van der Waals surface area contributed by atoms with Crippen LogP contribution < -0.4 is 0 Å². The average Bonchev–Trinajstić information content (AvgIpc) is 3.55. The van der Waals surface area contributed by atoms with Crippen LogP contribution in [0.2, 0.25) is 0 Å². The monoisotopic (exact) mass is 430 g/mol. The van der Waals surface area contributed by atoms with Gasteiger partial charge in [-0.2, -0.15) is 5.10 Å². The van der Waals surface area contributed by atoms with Crippen molar-refractivity contribution in [2.75, 3.05) is 32.8 Å². The largest absolute Gasteiger partial charge is 0.368 e. The molecule has 1 aromatic heterocycles. The molecule has 0 bridgehead atoms. The molecule has 5 rings (SSSR count). The zero-order valence-electron chi connectivity index (χ0n) is 17.9. The lowest BCUT2D eigenvalue weighted by Gasteiger charge is -2.35. The molecule has 2 fully saturated rings. The maximum atomic E-state index is 13.5. The van der Waals surface area contributed by atoms with Gasteiger partial charge in [0.2, 0.25) is 0 Å². The van der Waals surface area contributed by atoms with E-state index in [2.05, 4.69) is 0 Å². The van der Waals surface area contributed by atoms with Gasteiger partial charge in [0.1, 0.15) is 11.8 Å². The van der Waals surface area contributed by atoms with Crippen LogP contribution in [0.25, 0.3) is 16.9 Å². The van der Waals surface area contributed by atoms with Gasteiger partial charge in [-0.1, -0.05) is 48.5 Å². The Kier molecular flexibility index (Phi) is 5.73. The molecule has 2 aromatic carbocycles. The third kappa shape index (κ3) is 4.03. The van der Waals surface area contributed by atoms with Gasteiger partial charge in [0.15, 0.2) is 0 Å². The molecular formula is C25H26N4O3. The van der Waals surface area contributed by atoms with Gasteiger partial charge in [0.25, 0.3) is 11.8 Å². The summed E-state index contributed by atoms with van der Waals surface area (Å²) in [5, 5.41) is 4.75. The van der Waals surface area contributed by atoms with Gasteiger partial charge < -0.3 is 14.5 Å². The molecule has 0 unspecified atom stereocenters. The second kappa shape index (κ2) is 8.96. The summed E-state index contributed by atoms with van der Waals surface area (Å²) in [6, 6.07) is 21.4. The molecule has 7 nitrogen and oxygen atoms in total. The minimum Gasteiger partial charge on any atom is -0.368 e. The first-order valence-electron chi connectivity index (χ1n) is 11.1. The van der Waals surface area contributed by atoms with E-state index >= 15 is 0 Å². The summed E-state index contributed by atoms with van der Waals surface area (Å²) in [7, 11) is 0.